The van der Waals surface area contributed by atoms with Crippen LogP contribution in [0, 0.1) is 0 Å². The quantitative estimate of drug-likeness (QED) is 0.347. The standard InChI is InChI=1S/C25H21F6N5OS/c1-35(18-6-7-32-12-18)23-34-22(37)21(38-23)9-14-2-5-20-16(8-14)11-33-36(20)13-15-3-4-17(24(26,27)28)10-19(15)25(29,30)31/h2-5,8-11,18,32H,6-7,12-13H2,1H3/b21-9-. The molecule has 38 heavy (non-hydrogen) atoms. The molecule has 1 saturated heterocycles. The van der Waals surface area contributed by atoms with Crippen molar-refractivity contribution in [2.75, 3.05) is 20.1 Å². The number of amides is 1. The normalized spacial score (nSPS) is 19.6. The molecule has 0 saturated carbocycles. The molecule has 1 aromatic heterocycles. The number of rotatable bonds is 4. The summed E-state index contributed by atoms with van der Waals surface area (Å²) < 4.78 is 80.9. The molecule has 3 aromatic rings. The Morgan fingerprint density at radius 3 is 2.61 bits per heavy atom. The summed E-state index contributed by atoms with van der Waals surface area (Å²) in [5.74, 6) is -0.347. The number of amidine groups is 1. The molecule has 5 rings (SSSR count). The van der Waals surface area contributed by atoms with Gasteiger partial charge in [0.25, 0.3) is 5.91 Å². The van der Waals surface area contributed by atoms with Gasteiger partial charge in [0.1, 0.15) is 0 Å². The second-order valence-corrected chi connectivity index (χ2v) is 10.1. The van der Waals surface area contributed by atoms with Gasteiger partial charge in [-0.3, -0.25) is 9.48 Å². The van der Waals surface area contributed by atoms with Crippen molar-refractivity contribution < 1.29 is 31.1 Å². The summed E-state index contributed by atoms with van der Waals surface area (Å²) in [6.07, 6.45) is -5.75. The third-order valence-corrected chi connectivity index (χ3v) is 7.59. The molecule has 1 N–H and O–H groups in total. The molecule has 2 aromatic carbocycles. The summed E-state index contributed by atoms with van der Waals surface area (Å²) in [5, 5.41) is 8.66. The van der Waals surface area contributed by atoms with Gasteiger partial charge in [0.2, 0.25) is 0 Å². The molecule has 2 aliphatic rings. The maximum absolute atomic E-state index is 13.6. The summed E-state index contributed by atoms with van der Waals surface area (Å²) >= 11 is 1.28. The lowest BCUT2D eigenvalue weighted by atomic mass is 10.0. The van der Waals surface area contributed by atoms with Gasteiger partial charge in [-0.25, -0.2) is 0 Å². The van der Waals surface area contributed by atoms with Gasteiger partial charge >= 0.3 is 12.4 Å². The molecular weight excluding hydrogens is 532 g/mol. The van der Waals surface area contributed by atoms with E-state index in [1.807, 2.05) is 11.9 Å². The molecule has 6 nitrogen and oxygen atoms in total. The number of thioether (sulfide) groups is 1. The van der Waals surface area contributed by atoms with Crippen molar-refractivity contribution in [3.05, 3.63) is 69.8 Å². The van der Waals surface area contributed by atoms with Crippen molar-refractivity contribution in [1.82, 2.24) is 20.0 Å². The summed E-state index contributed by atoms with van der Waals surface area (Å²) in [4.78, 5) is 19.1. The first-order valence-electron chi connectivity index (χ1n) is 11.6. The van der Waals surface area contributed by atoms with E-state index in [4.69, 9.17) is 0 Å². The minimum Gasteiger partial charge on any atom is -0.350 e. The molecule has 1 fully saturated rings. The van der Waals surface area contributed by atoms with E-state index in [-0.39, 0.29) is 30.1 Å². The van der Waals surface area contributed by atoms with Crippen LogP contribution in [0.4, 0.5) is 26.3 Å². The number of hydrogen-bond donors (Lipinski definition) is 1. The first kappa shape index (κ1) is 26.3. The maximum atomic E-state index is 13.6. The van der Waals surface area contributed by atoms with Crippen molar-refractivity contribution in [2.45, 2.75) is 31.4 Å². The van der Waals surface area contributed by atoms with E-state index in [9.17, 15) is 31.1 Å². The molecule has 3 heterocycles. The van der Waals surface area contributed by atoms with Crippen molar-refractivity contribution in [3.63, 3.8) is 0 Å². The van der Waals surface area contributed by atoms with Gasteiger partial charge in [-0.05, 0) is 66.2 Å². The van der Waals surface area contributed by atoms with E-state index in [1.54, 1.807) is 24.3 Å². The Kier molecular flexibility index (Phi) is 6.76. The third-order valence-electron chi connectivity index (χ3n) is 6.52. The van der Waals surface area contributed by atoms with Crippen molar-refractivity contribution in [1.29, 1.82) is 0 Å². The second kappa shape index (κ2) is 9.77. The Balaban J connectivity index is 1.38. The number of fused-ring (bicyclic) bond motifs is 1. The SMILES string of the molecule is CN(C1=NC(=O)/C(=C/c2ccc3c(cnn3Cc3ccc(C(F)(F)F)cc3C(F)(F)F)c2)S1)C1CCNC1. The van der Waals surface area contributed by atoms with Crippen LogP contribution in [0.15, 0.2) is 52.5 Å². The van der Waals surface area contributed by atoms with Crippen LogP contribution in [0.5, 0.6) is 0 Å². The lowest BCUT2D eigenvalue weighted by Crippen LogP contribution is -2.36. The van der Waals surface area contributed by atoms with Gasteiger partial charge in [0.05, 0.1) is 34.3 Å². The molecule has 0 bridgehead atoms. The number of aliphatic imine (C=N–C) groups is 1. The fourth-order valence-corrected chi connectivity index (χ4v) is 5.41. The van der Waals surface area contributed by atoms with Crippen LogP contribution in [0.25, 0.3) is 17.0 Å². The second-order valence-electron chi connectivity index (χ2n) is 9.06. The average Bonchev–Trinajstić information content (AvgIpc) is 3.59. The number of nitrogens with zero attached hydrogens (tertiary/aromatic N) is 4. The smallest absolute Gasteiger partial charge is 0.350 e. The summed E-state index contributed by atoms with van der Waals surface area (Å²) in [5.41, 5.74) is -1.88. The Bertz CT molecular complexity index is 1450. The Morgan fingerprint density at radius 1 is 1.13 bits per heavy atom. The molecule has 1 unspecified atom stereocenters. The van der Waals surface area contributed by atoms with Gasteiger partial charge in [-0.15, -0.1) is 0 Å². The number of alkyl halides is 6. The highest BCUT2D eigenvalue weighted by atomic mass is 32.2. The number of likely N-dealkylation sites (N-methyl/N-ethyl adjacent to an activating group) is 1. The van der Waals surface area contributed by atoms with Crippen LogP contribution in [0.2, 0.25) is 0 Å². The molecule has 0 radical (unpaired) electrons. The number of hydrogen-bond acceptors (Lipinski definition) is 5. The topological polar surface area (TPSA) is 62.5 Å². The van der Waals surface area contributed by atoms with Crippen LogP contribution in [-0.4, -0.2) is 51.9 Å². The van der Waals surface area contributed by atoms with Gasteiger partial charge in [-0.1, -0.05) is 12.1 Å². The number of carbonyl (C=O) groups excluding carboxylic acids is 1. The van der Waals surface area contributed by atoms with Crippen LogP contribution in [0.1, 0.15) is 28.7 Å². The Labute approximate surface area is 217 Å². The highest BCUT2D eigenvalue weighted by Gasteiger charge is 2.38. The first-order valence-corrected chi connectivity index (χ1v) is 12.4. The first-order chi connectivity index (χ1) is 17.9. The van der Waals surface area contributed by atoms with Crippen LogP contribution in [0.3, 0.4) is 0 Å². The third kappa shape index (κ3) is 5.30. The molecule has 1 amide bonds. The van der Waals surface area contributed by atoms with E-state index in [0.717, 1.165) is 25.6 Å². The Morgan fingerprint density at radius 2 is 1.92 bits per heavy atom. The van der Waals surface area contributed by atoms with Crippen molar-refractivity contribution in [2.24, 2.45) is 4.99 Å². The summed E-state index contributed by atoms with van der Waals surface area (Å²) in [7, 11) is 1.90. The van der Waals surface area contributed by atoms with E-state index >= 15 is 0 Å². The van der Waals surface area contributed by atoms with Crippen LogP contribution < -0.4 is 5.32 Å². The monoisotopic (exact) mass is 553 g/mol. The Hall–Kier alpha value is -3.32. The number of halogens is 6. The molecule has 0 aliphatic carbocycles. The summed E-state index contributed by atoms with van der Waals surface area (Å²) in [6, 6.07) is 6.93. The average molecular weight is 554 g/mol. The highest BCUT2D eigenvalue weighted by Crippen LogP contribution is 2.38. The molecule has 1 atom stereocenters. The number of nitrogens with one attached hydrogen (secondary N) is 1. The summed E-state index contributed by atoms with van der Waals surface area (Å²) in [6.45, 7) is 1.36. The molecular formula is C25H21F6N5OS. The highest BCUT2D eigenvalue weighted by molar-refractivity contribution is 8.18. The van der Waals surface area contributed by atoms with Crippen molar-refractivity contribution in [3.8, 4) is 0 Å². The predicted octanol–water partition coefficient (Wildman–Crippen LogP) is 5.39. The molecule has 2 aliphatic heterocycles. The zero-order valence-corrected chi connectivity index (χ0v) is 20.7. The van der Waals surface area contributed by atoms with Gasteiger partial charge in [0.15, 0.2) is 5.17 Å². The fourth-order valence-electron chi connectivity index (χ4n) is 4.46. The van der Waals surface area contributed by atoms with E-state index in [1.165, 1.54) is 22.6 Å². The van der Waals surface area contributed by atoms with E-state index in [0.29, 0.717) is 32.6 Å². The largest absolute Gasteiger partial charge is 0.416 e. The van der Waals surface area contributed by atoms with Gasteiger partial charge < -0.3 is 10.2 Å². The maximum Gasteiger partial charge on any atom is 0.416 e. The molecule has 13 heteroatoms. The zero-order valence-electron chi connectivity index (χ0n) is 19.9. The van der Waals surface area contributed by atoms with E-state index in [2.05, 4.69) is 15.4 Å². The fraction of sp³-hybridized carbons (Fsp3) is 0.320. The zero-order chi connectivity index (χ0) is 27.2. The van der Waals surface area contributed by atoms with Gasteiger partial charge in [0, 0.05) is 25.0 Å². The van der Waals surface area contributed by atoms with Crippen molar-refractivity contribution >= 4 is 39.8 Å². The predicted molar refractivity (Wildman–Crippen MR) is 132 cm³/mol. The minimum absolute atomic E-state index is 0.124. The van der Waals surface area contributed by atoms with Crippen LogP contribution in [-0.2, 0) is 23.7 Å². The lowest BCUT2D eigenvalue weighted by molar-refractivity contribution is -0.143. The van der Waals surface area contributed by atoms with Gasteiger partial charge in [-0.2, -0.15) is 36.4 Å². The molecule has 0 spiro atoms. The van der Waals surface area contributed by atoms with E-state index < -0.39 is 23.5 Å². The number of aromatic nitrogens is 2. The van der Waals surface area contributed by atoms with Crippen LogP contribution >= 0.6 is 11.8 Å². The minimum atomic E-state index is -4.96. The molecule has 200 valence electrons. The number of benzene rings is 2. The number of carbonyl (C=O) groups is 1. The lowest BCUT2D eigenvalue weighted by Gasteiger charge is -2.24.